The zero-order valence-electron chi connectivity index (χ0n) is 16.2. The zero-order chi connectivity index (χ0) is 20.0. The highest BCUT2D eigenvalue weighted by molar-refractivity contribution is 6.14. The molecule has 0 saturated carbocycles. The van der Waals surface area contributed by atoms with Gasteiger partial charge in [-0.2, -0.15) is 5.10 Å². The number of carbonyl (C=O) groups is 2. The van der Waals surface area contributed by atoms with Gasteiger partial charge in [0.2, 0.25) is 11.7 Å². The molecule has 0 fully saturated rings. The van der Waals surface area contributed by atoms with E-state index in [0.29, 0.717) is 12.2 Å². The topological polar surface area (TPSA) is 79.3 Å². The molecule has 0 aliphatic carbocycles. The molecule has 2 rings (SSSR count). The Labute approximate surface area is 158 Å². The summed E-state index contributed by atoms with van der Waals surface area (Å²) in [7, 11) is 5.61. The van der Waals surface area contributed by atoms with E-state index in [1.54, 1.807) is 20.0 Å². The lowest BCUT2D eigenvalue weighted by atomic mass is 10.0. The maximum atomic E-state index is 14.0. The Morgan fingerprint density at radius 2 is 1.96 bits per heavy atom. The summed E-state index contributed by atoms with van der Waals surface area (Å²) in [6.45, 7) is 3.40. The molecule has 0 saturated heterocycles. The maximum Gasteiger partial charge on any atom is 0.239 e. The summed E-state index contributed by atoms with van der Waals surface area (Å²) in [4.78, 5) is 27.1. The van der Waals surface area contributed by atoms with E-state index in [9.17, 15) is 14.0 Å². The van der Waals surface area contributed by atoms with Gasteiger partial charge in [0.25, 0.3) is 0 Å². The van der Waals surface area contributed by atoms with Crippen LogP contribution in [0.15, 0.2) is 24.3 Å². The van der Waals surface area contributed by atoms with Gasteiger partial charge in [-0.3, -0.25) is 14.3 Å². The first-order chi connectivity index (χ1) is 12.8. The zero-order valence-corrected chi connectivity index (χ0v) is 16.2. The van der Waals surface area contributed by atoms with Crippen LogP contribution in [0, 0.1) is 12.7 Å². The Bertz CT molecular complexity index is 816. The third-order valence-electron chi connectivity index (χ3n) is 4.07. The molecule has 2 aromatic rings. The monoisotopic (exact) mass is 375 g/mol. The maximum absolute atomic E-state index is 14.0. The van der Waals surface area contributed by atoms with Gasteiger partial charge in [0.05, 0.1) is 23.4 Å². The molecule has 2 N–H and O–H groups in total. The molecular weight excluding hydrogens is 349 g/mol. The number of nitrogens with zero attached hydrogens (tertiary/aromatic N) is 3. The summed E-state index contributed by atoms with van der Waals surface area (Å²) in [6, 6.07) is 5.77. The van der Waals surface area contributed by atoms with Crippen molar-refractivity contribution in [1.82, 2.24) is 20.0 Å². The van der Waals surface area contributed by atoms with Crippen LogP contribution in [0.2, 0.25) is 0 Å². The number of rotatable bonds is 9. The average molecular weight is 375 g/mol. The third kappa shape index (κ3) is 5.45. The van der Waals surface area contributed by atoms with Crippen molar-refractivity contribution in [2.24, 2.45) is 7.05 Å². The van der Waals surface area contributed by atoms with Gasteiger partial charge >= 0.3 is 0 Å². The van der Waals surface area contributed by atoms with Gasteiger partial charge in [0.15, 0.2) is 0 Å². The minimum absolute atomic E-state index is 0.0501. The molecule has 146 valence electrons. The number of amides is 1. The number of benzene rings is 1. The van der Waals surface area contributed by atoms with E-state index >= 15 is 0 Å². The summed E-state index contributed by atoms with van der Waals surface area (Å²) >= 11 is 0. The van der Waals surface area contributed by atoms with Crippen molar-refractivity contribution >= 4 is 17.5 Å². The molecule has 8 heteroatoms. The van der Waals surface area contributed by atoms with Crippen LogP contribution in [0.3, 0.4) is 0 Å². The predicted molar refractivity (Wildman–Crippen MR) is 102 cm³/mol. The first kappa shape index (κ1) is 20.7. The predicted octanol–water partition coefficient (Wildman–Crippen LogP) is 1.58. The number of aryl methyl sites for hydroxylation is 2. The minimum atomic E-state index is -0.606. The highest BCUT2D eigenvalue weighted by Crippen LogP contribution is 2.23. The largest absolute Gasteiger partial charge is 0.309 e. The lowest BCUT2D eigenvalue weighted by Gasteiger charge is -2.11. The molecule has 27 heavy (non-hydrogen) atoms. The first-order valence-electron chi connectivity index (χ1n) is 8.79. The second-order valence-electron chi connectivity index (χ2n) is 6.62. The summed E-state index contributed by atoms with van der Waals surface area (Å²) in [5.74, 6) is -1.13. The second kappa shape index (κ2) is 9.38. The number of halogens is 1. The quantitative estimate of drug-likeness (QED) is 0.514. The number of hydrogen-bond donors (Lipinski definition) is 2. The van der Waals surface area contributed by atoms with Crippen LogP contribution in [0.1, 0.15) is 28.0 Å². The average Bonchev–Trinajstić information content (AvgIpc) is 2.87. The third-order valence-corrected chi connectivity index (χ3v) is 4.07. The number of ketones is 1. The van der Waals surface area contributed by atoms with Gasteiger partial charge in [-0.25, -0.2) is 4.39 Å². The number of hydrogen-bond acceptors (Lipinski definition) is 5. The fourth-order valence-corrected chi connectivity index (χ4v) is 2.75. The van der Waals surface area contributed by atoms with Crippen LogP contribution in [-0.2, 0) is 11.8 Å². The normalized spacial score (nSPS) is 11.0. The summed E-state index contributed by atoms with van der Waals surface area (Å²) < 4.78 is 15.4. The summed E-state index contributed by atoms with van der Waals surface area (Å²) in [5.41, 5.74) is 0.578. The van der Waals surface area contributed by atoms with Crippen molar-refractivity contribution in [2.45, 2.75) is 13.3 Å². The molecule has 1 amide bonds. The van der Waals surface area contributed by atoms with Crippen LogP contribution in [-0.4, -0.2) is 60.1 Å². The van der Waals surface area contributed by atoms with Gasteiger partial charge in [0, 0.05) is 7.05 Å². The van der Waals surface area contributed by atoms with Crippen molar-refractivity contribution in [3.8, 4) is 0 Å². The van der Waals surface area contributed by atoms with Crippen molar-refractivity contribution in [3.05, 3.63) is 46.9 Å². The van der Waals surface area contributed by atoms with Gasteiger partial charge in [-0.05, 0) is 52.7 Å². The number of carbonyl (C=O) groups excluding carboxylic acids is 2. The Balaban J connectivity index is 2.09. The lowest BCUT2D eigenvalue weighted by molar-refractivity contribution is -0.115. The first-order valence-corrected chi connectivity index (χ1v) is 8.79. The van der Waals surface area contributed by atoms with E-state index < -0.39 is 11.6 Å². The van der Waals surface area contributed by atoms with Crippen LogP contribution in [0.4, 0.5) is 10.2 Å². The Morgan fingerprint density at radius 1 is 1.26 bits per heavy atom. The molecule has 0 aliphatic heterocycles. The van der Waals surface area contributed by atoms with E-state index in [0.717, 1.165) is 13.0 Å². The van der Waals surface area contributed by atoms with E-state index in [4.69, 9.17) is 0 Å². The van der Waals surface area contributed by atoms with Crippen LogP contribution in [0.5, 0.6) is 0 Å². The van der Waals surface area contributed by atoms with Gasteiger partial charge in [-0.15, -0.1) is 0 Å². The van der Waals surface area contributed by atoms with Gasteiger partial charge in [0.1, 0.15) is 11.6 Å². The second-order valence-corrected chi connectivity index (χ2v) is 6.62. The highest BCUT2D eigenvalue weighted by Gasteiger charge is 2.24. The standard InChI is InChI=1S/C19H26FN5O2/c1-13-17(18(27)14-8-5-6-9-15(14)20)19(25(4)23-13)22-16(26)12-21-10-7-11-24(2)3/h5-6,8-9,21H,7,10-12H2,1-4H3,(H,22,26). The molecule has 0 bridgehead atoms. The van der Waals surface area contributed by atoms with Gasteiger partial charge < -0.3 is 15.5 Å². The highest BCUT2D eigenvalue weighted by atomic mass is 19.1. The number of nitrogens with one attached hydrogen (secondary N) is 2. The summed E-state index contributed by atoms with van der Waals surface area (Å²) in [6.07, 6.45) is 0.919. The molecule has 0 unspecified atom stereocenters. The molecule has 7 nitrogen and oxygen atoms in total. The van der Waals surface area contributed by atoms with E-state index in [2.05, 4.69) is 20.6 Å². The van der Waals surface area contributed by atoms with E-state index in [-0.39, 0.29) is 29.4 Å². The Kier molecular flexibility index (Phi) is 7.20. The molecule has 1 heterocycles. The van der Waals surface area contributed by atoms with Crippen molar-refractivity contribution < 1.29 is 14.0 Å². The van der Waals surface area contributed by atoms with Crippen molar-refractivity contribution in [2.75, 3.05) is 39.0 Å². The smallest absolute Gasteiger partial charge is 0.239 e. The Morgan fingerprint density at radius 3 is 2.63 bits per heavy atom. The number of anilines is 1. The summed E-state index contributed by atoms with van der Waals surface area (Å²) in [5, 5.41) is 9.98. The molecule has 0 radical (unpaired) electrons. The molecule has 0 spiro atoms. The van der Waals surface area contributed by atoms with Crippen LogP contribution in [0.25, 0.3) is 0 Å². The van der Waals surface area contributed by atoms with Crippen molar-refractivity contribution in [1.29, 1.82) is 0 Å². The molecule has 1 aromatic heterocycles. The number of aromatic nitrogens is 2. The van der Waals surface area contributed by atoms with Crippen molar-refractivity contribution in [3.63, 3.8) is 0 Å². The molecule has 1 aromatic carbocycles. The SMILES string of the molecule is Cc1nn(C)c(NC(=O)CNCCCN(C)C)c1C(=O)c1ccccc1F. The van der Waals surface area contributed by atoms with Crippen LogP contribution < -0.4 is 10.6 Å². The Hall–Kier alpha value is -2.58. The molecule has 0 aliphatic rings. The lowest BCUT2D eigenvalue weighted by Crippen LogP contribution is -2.31. The van der Waals surface area contributed by atoms with E-state index in [1.807, 2.05) is 14.1 Å². The van der Waals surface area contributed by atoms with Crippen LogP contribution >= 0.6 is 0 Å². The van der Waals surface area contributed by atoms with Gasteiger partial charge in [-0.1, -0.05) is 12.1 Å². The molecular formula is C19H26FN5O2. The fourth-order valence-electron chi connectivity index (χ4n) is 2.75. The molecule has 0 atom stereocenters. The van der Waals surface area contributed by atoms with E-state index in [1.165, 1.54) is 22.9 Å². The minimum Gasteiger partial charge on any atom is -0.309 e. The fraction of sp³-hybridized carbons (Fsp3) is 0.421.